The zero-order valence-electron chi connectivity index (χ0n) is 6.61. The number of unbranched alkanes of at least 4 members (excludes halogenated alkanes) is 2. The molecule has 0 heterocycles. The number of hydrogen-bond donors (Lipinski definition) is 0. The minimum atomic E-state index is 0. The van der Waals surface area contributed by atoms with Gasteiger partial charge in [0.2, 0.25) is 0 Å². The molecule has 53 valence electrons. The van der Waals surface area contributed by atoms with Crippen LogP contribution in [0.25, 0.3) is 0 Å². The molecule has 9 heavy (non-hydrogen) atoms. The molecular formula is C8H17Ti. The minimum absolute atomic E-state index is 0. The second kappa shape index (κ2) is 8.71. The summed E-state index contributed by atoms with van der Waals surface area (Å²) in [5.41, 5.74) is 0. The second-order valence-electron chi connectivity index (χ2n) is 2.74. The van der Waals surface area contributed by atoms with Crippen LogP contribution in [0.1, 0.15) is 39.5 Å². The summed E-state index contributed by atoms with van der Waals surface area (Å²) in [5.74, 6) is 0.876. The summed E-state index contributed by atoms with van der Waals surface area (Å²) < 4.78 is 0. The van der Waals surface area contributed by atoms with Crippen LogP contribution in [0.5, 0.6) is 0 Å². The van der Waals surface area contributed by atoms with Gasteiger partial charge in [-0.15, -0.1) is 0 Å². The molecule has 0 saturated heterocycles. The molecule has 1 heteroatoms. The van der Waals surface area contributed by atoms with E-state index in [0.717, 1.165) is 12.3 Å². The molecule has 1 radical (unpaired) electrons. The van der Waals surface area contributed by atoms with Gasteiger partial charge in [-0.3, -0.25) is 0 Å². The first kappa shape index (κ1) is 12.4. The van der Waals surface area contributed by atoms with E-state index >= 15 is 0 Å². The molecule has 0 rings (SSSR count). The third kappa shape index (κ3) is 12.0. The summed E-state index contributed by atoms with van der Waals surface area (Å²) in [7, 11) is 0. The minimum Gasteiger partial charge on any atom is -0.0628 e. The Hall–Kier alpha value is 0.714. The van der Waals surface area contributed by atoms with Crippen molar-refractivity contribution in [3.63, 3.8) is 0 Å². The first-order valence-electron chi connectivity index (χ1n) is 3.56. The van der Waals surface area contributed by atoms with Gasteiger partial charge in [0.1, 0.15) is 0 Å². The molecule has 0 aliphatic heterocycles. The van der Waals surface area contributed by atoms with Gasteiger partial charge in [0.25, 0.3) is 0 Å². The van der Waals surface area contributed by atoms with E-state index < -0.39 is 0 Å². The molecule has 0 fully saturated rings. The summed E-state index contributed by atoms with van der Waals surface area (Å²) in [6, 6.07) is 0. The molecule has 0 unspecified atom stereocenters. The van der Waals surface area contributed by atoms with Gasteiger partial charge in [0.05, 0.1) is 0 Å². The largest absolute Gasteiger partial charge is 0.0628 e. The van der Waals surface area contributed by atoms with Crippen molar-refractivity contribution in [1.29, 1.82) is 0 Å². The maximum absolute atomic E-state index is 3.78. The molecule has 0 spiro atoms. The molecule has 0 saturated carbocycles. The van der Waals surface area contributed by atoms with Crippen molar-refractivity contribution < 1.29 is 21.7 Å². The summed E-state index contributed by atoms with van der Waals surface area (Å²) >= 11 is 0. The van der Waals surface area contributed by atoms with Crippen LogP contribution in [0.15, 0.2) is 0 Å². The van der Waals surface area contributed by atoms with E-state index in [-0.39, 0.29) is 21.7 Å². The van der Waals surface area contributed by atoms with Gasteiger partial charge in [-0.1, -0.05) is 46.5 Å². The van der Waals surface area contributed by atoms with E-state index in [1.807, 2.05) is 0 Å². The van der Waals surface area contributed by atoms with Crippen LogP contribution in [0.3, 0.4) is 0 Å². The fraction of sp³-hybridized carbons (Fsp3) is 0.875. The molecule has 0 aromatic carbocycles. The maximum Gasteiger partial charge on any atom is 0 e. The van der Waals surface area contributed by atoms with Crippen molar-refractivity contribution in [2.24, 2.45) is 5.92 Å². The van der Waals surface area contributed by atoms with Gasteiger partial charge in [-0.05, 0) is 5.92 Å². The van der Waals surface area contributed by atoms with Gasteiger partial charge in [-0.25, -0.2) is 0 Å². The van der Waals surface area contributed by atoms with Crippen molar-refractivity contribution >= 4 is 0 Å². The van der Waals surface area contributed by atoms with Gasteiger partial charge in [0.15, 0.2) is 0 Å². The quantitative estimate of drug-likeness (QED) is 0.439. The predicted octanol–water partition coefficient (Wildman–Crippen LogP) is 3.03. The zero-order valence-corrected chi connectivity index (χ0v) is 8.17. The molecule has 0 bridgehead atoms. The normalized spacial score (nSPS) is 9.33. The Balaban J connectivity index is 0. The third-order valence-electron chi connectivity index (χ3n) is 1.28. The average molecular weight is 161 g/mol. The zero-order chi connectivity index (χ0) is 6.41. The van der Waals surface area contributed by atoms with Crippen LogP contribution in [-0.4, -0.2) is 0 Å². The predicted molar refractivity (Wildman–Crippen MR) is 38.7 cm³/mol. The van der Waals surface area contributed by atoms with E-state index in [1.165, 1.54) is 19.3 Å². The summed E-state index contributed by atoms with van der Waals surface area (Å²) in [5, 5.41) is 0. The number of hydrogen-bond acceptors (Lipinski definition) is 0. The van der Waals surface area contributed by atoms with Crippen molar-refractivity contribution in [1.82, 2.24) is 0 Å². The Kier molecular flexibility index (Phi) is 12.0. The molecule has 0 aromatic rings. The van der Waals surface area contributed by atoms with Crippen LogP contribution >= 0.6 is 0 Å². The molecule has 0 amide bonds. The van der Waals surface area contributed by atoms with Gasteiger partial charge < -0.3 is 0 Å². The smallest absolute Gasteiger partial charge is 0 e. The molecule has 0 aliphatic carbocycles. The van der Waals surface area contributed by atoms with Crippen molar-refractivity contribution in [3.8, 4) is 0 Å². The SMILES string of the molecule is [CH2]CCCCC(C)C.[Ti]. The Morgan fingerprint density at radius 2 is 1.78 bits per heavy atom. The van der Waals surface area contributed by atoms with Gasteiger partial charge in [-0.2, -0.15) is 0 Å². The molecule has 0 aliphatic rings. The Labute approximate surface area is 74.3 Å². The maximum atomic E-state index is 3.78. The second-order valence-corrected chi connectivity index (χ2v) is 2.74. The van der Waals surface area contributed by atoms with Crippen LogP contribution in [0, 0.1) is 12.8 Å². The first-order valence-corrected chi connectivity index (χ1v) is 3.56. The van der Waals surface area contributed by atoms with Crippen LogP contribution in [-0.2, 0) is 21.7 Å². The van der Waals surface area contributed by atoms with E-state index in [4.69, 9.17) is 0 Å². The van der Waals surface area contributed by atoms with Crippen LogP contribution in [0.2, 0.25) is 0 Å². The molecule has 0 nitrogen and oxygen atoms in total. The van der Waals surface area contributed by atoms with E-state index in [9.17, 15) is 0 Å². The third-order valence-corrected chi connectivity index (χ3v) is 1.28. The summed E-state index contributed by atoms with van der Waals surface area (Å²) in [4.78, 5) is 0. The van der Waals surface area contributed by atoms with Crippen molar-refractivity contribution in [3.05, 3.63) is 6.92 Å². The van der Waals surface area contributed by atoms with Crippen LogP contribution < -0.4 is 0 Å². The van der Waals surface area contributed by atoms with Crippen LogP contribution in [0.4, 0.5) is 0 Å². The van der Waals surface area contributed by atoms with E-state index in [0.29, 0.717) is 0 Å². The molecule has 0 aromatic heterocycles. The summed E-state index contributed by atoms with van der Waals surface area (Å²) in [6.07, 6.45) is 5.14. The monoisotopic (exact) mass is 161 g/mol. The average Bonchev–Trinajstić information content (AvgIpc) is 1.66. The number of rotatable bonds is 4. The van der Waals surface area contributed by atoms with Crippen molar-refractivity contribution in [2.75, 3.05) is 0 Å². The molecule has 0 N–H and O–H groups in total. The van der Waals surface area contributed by atoms with Gasteiger partial charge >= 0.3 is 0 Å². The first-order chi connectivity index (χ1) is 3.77. The van der Waals surface area contributed by atoms with Gasteiger partial charge in [0, 0.05) is 21.7 Å². The Morgan fingerprint density at radius 1 is 1.22 bits per heavy atom. The topological polar surface area (TPSA) is 0 Å². The molecular weight excluding hydrogens is 144 g/mol. The standard InChI is InChI=1S/C8H17.Ti/c1-4-5-6-7-8(2)3;/h8H,1,4-7H2,2-3H3;. The Morgan fingerprint density at radius 3 is 2.11 bits per heavy atom. The van der Waals surface area contributed by atoms with Crippen molar-refractivity contribution in [2.45, 2.75) is 39.5 Å². The van der Waals surface area contributed by atoms with E-state index in [1.54, 1.807) is 0 Å². The van der Waals surface area contributed by atoms with E-state index in [2.05, 4.69) is 20.8 Å². The summed E-state index contributed by atoms with van der Waals surface area (Å²) in [6.45, 7) is 8.32. The fourth-order valence-electron chi connectivity index (χ4n) is 0.729. The fourth-order valence-corrected chi connectivity index (χ4v) is 0.729. The molecule has 0 atom stereocenters. The Bertz CT molecular complexity index is 41.8.